The van der Waals surface area contributed by atoms with E-state index in [1.165, 1.54) is 5.56 Å². The van der Waals surface area contributed by atoms with Crippen molar-refractivity contribution in [3.05, 3.63) is 66.1 Å². The van der Waals surface area contributed by atoms with Crippen LogP contribution < -0.4 is 5.32 Å². The smallest absolute Gasteiger partial charge is 0.234 e. The number of carbonyl (C=O) groups excluding carboxylic acids is 1. The van der Waals surface area contributed by atoms with Crippen molar-refractivity contribution in [1.82, 2.24) is 15.1 Å². The molecule has 1 atom stereocenters. The Kier molecular flexibility index (Phi) is 6.63. The van der Waals surface area contributed by atoms with Gasteiger partial charge in [0.2, 0.25) is 5.91 Å². The molecule has 5 nitrogen and oxygen atoms in total. The molecule has 1 N–H and O–H groups in total. The van der Waals surface area contributed by atoms with Crippen molar-refractivity contribution in [2.45, 2.75) is 13.0 Å². The van der Waals surface area contributed by atoms with Gasteiger partial charge < -0.3 is 9.73 Å². The Morgan fingerprint density at radius 3 is 2.54 bits per heavy atom. The zero-order chi connectivity index (χ0) is 18.2. The quantitative estimate of drug-likeness (QED) is 0.832. The molecule has 0 saturated carbocycles. The maximum absolute atomic E-state index is 12.2. The van der Waals surface area contributed by atoms with E-state index in [1.807, 2.05) is 25.1 Å². The minimum absolute atomic E-state index is 0.0475. The monoisotopic (exact) mass is 353 g/mol. The van der Waals surface area contributed by atoms with E-state index >= 15 is 0 Å². The molecule has 0 bridgehead atoms. The van der Waals surface area contributed by atoms with Crippen LogP contribution in [-0.2, 0) is 4.79 Å². The second kappa shape index (κ2) is 9.36. The molecular formula is C21H27N3O2. The topological polar surface area (TPSA) is 48.7 Å². The Morgan fingerprint density at radius 1 is 1.12 bits per heavy atom. The van der Waals surface area contributed by atoms with Crippen LogP contribution in [0.3, 0.4) is 0 Å². The third kappa shape index (κ3) is 5.58. The van der Waals surface area contributed by atoms with Crippen LogP contribution in [0.2, 0.25) is 0 Å². The summed E-state index contributed by atoms with van der Waals surface area (Å²) in [5, 5.41) is 2.99. The van der Waals surface area contributed by atoms with Gasteiger partial charge in [-0.3, -0.25) is 14.6 Å². The van der Waals surface area contributed by atoms with Gasteiger partial charge in [-0.05, 0) is 24.6 Å². The van der Waals surface area contributed by atoms with E-state index in [1.54, 1.807) is 6.26 Å². The molecule has 1 aromatic carbocycles. The van der Waals surface area contributed by atoms with E-state index < -0.39 is 0 Å². The first-order valence-corrected chi connectivity index (χ1v) is 9.20. The second-order valence-corrected chi connectivity index (χ2v) is 6.69. The lowest BCUT2D eigenvalue weighted by molar-refractivity contribution is -0.123. The highest BCUT2D eigenvalue weighted by Crippen LogP contribution is 2.12. The van der Waals surface area contributed by atoms with E-state index in [9.17, 15) is 4.79 Å². The van der Waals surface area contributed by atoms with Crippen LogP contribution in [0, 0.1) is 0 Å². The molecule has 138 valence electrons. The van der Waals surface area contributed by atoms with Crippen molar-refractivity contribution >= 4 is 12.0 Å². The SMILES string of the molecule is C[C@H](NC(=O)CN1CCN(C/C=C/c2ccccc2)CC1)c1ccco1. The Hall–Kier alpha value is -2.37. The highest BCUT2D eigenvalue weighted by Gasteiger charge is 2.19. The summed E-state index contributed by atoms with van der Waals surface area (Å²) < 4.78 is 5.33. The molecule has 0 spiro atoms. The van der Waals surface area contributed by atoms with E-state index in [4.69, 9.17) is 4.42 Å². The lowest BCUT2D eigenvalue weighted by atomic mass is 10.2. The standard InChI is InChI=1S/C21H27N3O2/c1-18(20-10-6-16-26-20)22-21(25)17-24-14-12-23(13-15-24)11-5-9-19-7-3-2-4-8-19/h2-10,16,18H,11-15,17H2,1H3,(H,22,25)/b9-5+/t18-/m0/s1. The average Bonchev–Trinajstić information content (AvgIpc) is 3.19. The summed E-state index contributed by atoms with van der Waals surface area (Å²) in [6, 6.07) is 14.0. The highest BCUT2D eigenvalue weighted by molar-refractivity contribution is 5.78. The van der Waals surface area contributed by atoms with Gasteiger partial charge in [0.15, 0.2) is 0 Å². The van der Waals surface area contributed by atoms with E-state index in [-0.39, 0.29) is 11.9 Å². The van der Waals surface area contributed by atoms with E-state index in [0.29, 0.717) is 6.54 Å². The molecule has 1 aromatic heterocycles. The summed E-state index contributed by atoms with van der Waals surface area (Å²) >= 11 is 0. The Bertz CT molecular complexity index is 689. The third-order valence-electron chi connectivity index (χ3n) is 4.65. The van der Waals surface area contributed by atoms with Crippen LogP contribution in [0.25, 0.3) is 6.08 Å². The Balaban J connectivity index is 1.35. The fourth-order valence-electron chi connectivity index (χ4n) is 3.13. The predicted molar refractivity (Wildman–Crippen MR) is 104 cm³/mol. The van der Waals surface area contributed by atoms with Gasteiger partial charge in [0, 0.05) is 32.7 Å². The van der Waals surface area contributed by atoms with Crippen LogP contribution in [0.15, 0.2) is 59.2 Å². The first kappa shape index (κ1) is 18.4. The average molecular weight is 353 g/mol. The van der Waals surface area contributed by atoms with Gasteiger partial charge >= 0.3 is 0 Å². The largest absolute Gasteiger partial charge is 0.467 e. The summed E-state index contributed by atoms with van der Waals surface area (Å²) in [6.07, 6.45) is 6.00. The normalized spacial score (nSPS) is 17.4. The minimum Gasteiger partial charge on any atom is -0.467 e. The highest BCUT2D eigenvalue weighted by atomic mass is 16.3. The van der Waals surface area contributed by atoms with Crippen molar-refractivity contribution in [2.75, 3.05) is 39.3 Å². The van der Waals surface area contributed by atoms with Crippen LogP contribution in [0.4, 0.5) is 0 Å². The Labute approximate surface area is 155 Å². The minimum atomic E-state index is -0.0955. The van der Waals surface area contributed by atoms with Crippen LogP contribution in [0.5, 0.6) is 0 Å². The van der Waals surface area contributed by atoms with Crippen molar-refractivity contribution in [3.63, 3.8) is 0 Å². The Morgan fingerprint density at radius 2 is 1.85 bits per heavy atom. The second-order valence-electron chi connectivity index (χ2n) is 6.69. The summed E-state index contributed by atoms with van der Waals surface area (Å²) in [4.78, 5) is 16.8. The zero-order valence-electron chi connectivity index (χ0n) is 15.3. The number of hydrogen-bond acceptors (Lipinski definition) is 4. The molecule has 1 amide bonds. The molecular weight excluding hydrogens is 326 g/mol. The van der Waals surface area contributed by atoms with Gasteiger partial charge in [0.25, 0.3) is 0 Å². The van der Waals surface area contributed by atoms with Crippen molar-refractivity contribution in [3.8, 4) is 0 Å². The molecule has 0 aliphatic carbocycles. The fraction of sp³-hybridized carbons (Fsp3) is 0.381. The first-order chi connectivity index (χ1) is 12.7. The number of amides is 1. The van der Waals surface area contributed by atoms with Crippen LogP contribution in [0.1, 0.15) is 24.3 Å². The van der Waals surface area contributed by atoms with Gasteiger partial charge in [0.1, 0.15) is 5.76 Å². The fourth-order valence-corrected chi connectivity index (χ4v) is 3.13. The molecule has 1 aliphatic heterocycles. The maximum atomic E-state index is 12.2. The molecule has 1 aliphatic rings. The van der Waals surface area contributed by atoms with Crippen LogP contribution >= 0.6 is 0 Å². The van der Waals surface area contributed by atoms with Gasteiger partial charge in [0.05, 0.1) is 18.8 Å². The summed E-state index contributed by atoms with van der Waals surface area (Å²) in [5.41, 5.74) is 1.23. The van der Waals surface area contributed by atoms with Gasteiger partial charge in [-0.2, -0.15) is 0 Å². The first-order valence-electron chi connectivity index (χ1n) is 9.20. The number of nitrogens with zero attached hydrogens (tertiary/aromatic N) is 2. The molecule has 2 heterocycles. The van der Waals surface area contributed by atoms with Gasteiger partial charge in [-0.1, -0.05) is 42.5 Å². The summed E-state index contributed by atoms with van der Waals surface area (Å²) in [7, 11) is 0. The molecule has 5 heteroatoms. The van der Waals surface area contributed by atoms with Crippen molar-refractivity contribution in [2.24, 2.45) is 0 Å². The van der Waals surface area contributed by atoms with E-state index in [0.717, 1.165) is 38.5 Å². The molecule has 1 saturated heterocycles. The number of rotatable bonds is 7. The summed E-state index contributed by atoms with van der Waals surface area (Å²) in [5.74, 6) is 0.833. The number of benzene rings is 1. The molecule has 1 fully saturated rings. The molecule has 2 aromatic rings. The molecule has 26 heavy (non-hydrogen) atoms. The lowest BCUT2D eigenvalue weighted by Gasteiger charge is -2.33. The number of hydrogen-bond donors (Lipinski definition) is 1. The number of piperazine rings is 1. The third-order valence-corrected chi connectivity index (χ3v) is 4.65. The molecule has 0 unspecified atom stereocenters. The number of furan rings is 1. The van der Waals surface area contributed by atoms with Crippen molar-refractivity contribution < 1.29 is 9.21 Å². The molecule has 0 radical (unpaired) electrons. The zero-order valence-corrected chi connectivity index (χ0v) is 15.3. The van der Waals surface area contributed by atoms with Crippen LogP contribution in [-0.4, -0.2) is 55.0 Å². The van der Waals surface area contributed by atoms with Gasteiger partial charge in [-0.15, -0.1) is 0 Å². The predicted octanol–water partition coefficient (Wildman–Crippen LogP) is 2.79. The van der Waals surface area contributed by atoms with Crippen molar-refractivity contribution in [1.29, 1.82) is 0 Å². The number of nitrogens with one attached hydrogen (secondary N) is 1. The summed E-state index contributed by atoms with van der Waals surface area (Å²) in [6.45, 7) is 7.14. The lowest BCUT2D eigenvalue weighted by Crippen LogP contribution is -2.49. The van der Waals surface area contributed by atoms with E-state index in [2.05, 4.69) is 51.5 Å². The van der Waals surface area contributed by atoms with Gasteiger partial charge in [-0.25, -0.2) is 0 Å². The number of carbonyl (C=O) groups is 1. The molecule has 3 rings (SSSR count). The maximum Gasteiger partial charge on any atom is 0.234 e.